The number of ether oxygens (including phenoxy) is 1. The fraction of sp³-hybridized carbons (Fsp3) is 0.263. The number of carbonyl (C=O) groups excluding carboxylic acids is 2. The average Bonchev–Trinajstić information content (AvgIpc) is 2.97. The summed E-state index contributed by atoms with van der Waals surface area (Å²) in [6, 6.07) is 12.9. The largest absolute Gasteiger partial charge is 0.483 e. The molecule has 4 nitrogen and oxygen atoms in total. The van der Waals surface area contributed by atoms with Crippen molar-refractivity contribution in [2.75, 3.05) is 13.2 Å². The number of nitrogens with one attached hydrogen (secondary N) is 1. The first-order valence-corrected chi connectivity index (χ1v) is 8.30. The number of fused-ring (bicyclic) bond motifs is 1. The van der Waals surface area contributed by atoms with Gasteiger partial charge in [-0.05, 0) is 36.6 Å². The van der Waals surface area contributed by atoms with Crippen LogP contribution < -0.4 is 10.1 Å². The number of benzene rings is 2. The van der Waals surface area contributed by atoms with Gasteiger partial charge in [0.15, 0.2) is 12.4 Å². The number of carbonyl (C=O) groups is 2. The fourth-order valence-electron chi connectivity index (χ4n) is 2.78. The van der Waals surface area contributed by atoms with Gasteiger partial charge in [-0.15, -0.1) is 0 Å². The molecule has 0 spiro atoms. The molecule has 3 rings (SSSR count). The van der Waals surface area contributed by atoms with Crippen molar-refractivity contribution in [2.24, 2.45) is 0 Å². The Morgan fingerprint density at radius 3 is 2.71 bits per heavy atom. The van der Waals surface area contributed by atoms with E-state index < -0.39 is 0 Å². The van der Waals surface area contributed by atoms with Gasteiger partial charge in [-0.25, -0.2) is 0 Å². The monoisotopic (exact) mass is 343 g/mol. The van der Waals surface area contributed by atoms with E-state index in [2.05, 4.69) is 5.32 Å². The zero-order chi connectivity index (χ0) is 16.9. The maximum atomic E-state index is 11.9. The van der Waals surface area contributed by atoms with Crippen molar-refractivity contribution in [1.29, 1.82) is 0 Å². The molecule has 5 heteroatoms. The second-order valence-corrected chi connectivity index (χ2v) is 6.16. The summed E-state index contributed by atoms with van der Waals surface area (Å²) >= 11 is 5.84. The second kappa shape index (κ2) is 7.49. The van der Waals surface area contributed by atoms with Crippen LogP contribution in [0.5, 0.6) is 5.75 Å². The smallest absolute Gasteiger partial charge is 0.257 e. The topological polar surface area (TPSA) is 55.4 Å². The summed E-state index contributed by atoms with van der Waals surface area (Å²) in [5, 5.41) is 3.53. The molecule has 0 aliphatic heterocycles. The highest BCUT2D eigenvalue weighted by Gasteiger charge is 2.22. The molecule has 1 amide bonds. The molecule has 0 bridgehead atoms. The summed E-state index contributed by atoms with van der Waals surface area (Å²) in [5.74, 6) is 0.597. The van der Waals surface area contributed by atoms with Crippen molar-refractivity contribution in [1.82, 2.24) is 5.32 Å². The van der Waals surface area contributed by atoms with Crippen LogP contribution in [0.3, 0.4) is 0 Å². The normalized spacial score (nSPS) is 12.8. The molecule has 0 saturated carbocycles. The predicted octanol–water partition coefficient (Wildman–Crippen LogP) is 3.21. The molecule has 0 atom stereocenters. The molecule has 1 N–H and O–H groups in total. The van der Waals surface area contributed by atoms with Crippen molar-refractivity contribution >= 4 is 23.3 Å². The third-order valence-corrected chi connectivity index (χ3v) is 4.30. The van der Waals surface area contributed by atoms with E-state index in [-0.39, 0.29) is 18.3 Å². The van der Waals surface area contributed by atoms with Crippen LogP contribution in [0.25, 0.3) is 0 Å². The van der Waals surface area contributed by atoms with Gasteiger partial charge in [-0.2, -0.15) is 0 Å². The van der Waals surface area contributed by atoms with Gasteiger partial charge < -0.3 is 10.1 Å². The Morgan fingerprint density at radius 2 is 1.92 bits per heavy atom. The first kappa shape index (κ1) is 16.5. The molecule has 0 aromatic heterocycles. The van der Waals surface area contributed by atoms with Gasteiger partial charge in [0.25, 0.3) is 5.91 Å². The van der Waals surface area contributed by atoms with Gasteiger partial charge in [0, 0.05) is 29.1 Å². The molecule has 0 fully saturated rings. The zero-order valence-electron chi connectivity index (χ0n) is 13.2. The lowest BCUT2D eigenvalue weighted by molar-refractivity contribution is -0.123. The maximum Gasteiger partial charge on any atom is 0.257 e. The molecular formula is C19H18ClNO3. The summed E-state index contributed by atoms with van der Waals surface area (Å²) in [4.78, 5) is 23.6. The van der Waals surface area contributed by atoms with Crippen LogP contribution in [0, 0.1) is 0 Å². The average molecular weight is 344 g/mol. The summed E-state index contributed by atoms with van der Waals surface area (Å²) in [5.41, 5.74) is 2.74. The molecule has 2 aromatic carbocycles. The lowest BCUT2D eigenvalue weighted by Gasteiger charge is -2.10. The summed E-state index contributed by atoms with van der Waals surface area (Å²) in [7, 11) is 0. The first-order chi connectivity index (χ1) is 11.6. The van der Waals surface area contributed by atoms with Gasteiger partial charge in [-0.3, -0.25) is 9.59 Å². The van der Waals surface area contributed by atoms with Crippen molar-refractivity contribution < 1.29 is 14.3 Å². The van der Waals surface area contributed by atoms with Crippen molar-refractivity contribution in [2.45, 2.75) is 19.3 Å². The molecular weight excluding hydrogens is 326 g/mol. The molecule has 0 saturated heterocycles. The van der Waals surface area contributed by atoms with Crippen LogP contribution in [0.15, 0.2) is 42.5 Å². The van der Waals surface area contributed by atoms with Crippen LogP contribution in [0.1, 0.15) is 27.9 Å². The van der Waals surface area contributed by atoms with Crippen molar-refractivity contribution in [3.05, 3.63) is 64.2 Å². The van der Waals surface area contributed by atoms with Gasteiger partial charge >= 0.3 is 0 Å². The van der Waals surface area contributed by atoms with E-state index in [1.54, 1.807) is 12.1 Å². The molecule has 0 unspecified atom stereocenters. The molecule has 1 aliphatic carbocycles. The predicted molar refractivity (Wildman–Crippen MR) is 92.8 cm³/mol. The number of rotatable bonds is 6. The van der Waals surface area contributed by atoms with E-state index in [9.17, 15) is 9.59 Å². The van der Waals surface area contributed by atoms with E-state index in [4.69, 9.17) is 16.3 Å². The Hall–Kier alpha value is -2.33. The van der Waals surface area contributed by atoms with Gasteiger partial charge in [0.05, 0.1) is 0 Å². The minimum atomic E-state index is -0.175. The Kier molecular flexibility index (Phi) is 5.16. The van der Waals surface area contributed by atoms with Crippen LogP contribution in [-0.4, -0.2) is 24.8 Å². The molecule has 0 radical (unpaired) electrons. The number of Topliss-reactive ketones (excluding diaryl/α,β-unsaturated/α-hetero) is 1. The zero-order valence-corrected chi connectivity index (χ0v) is 13.9. The third kappa shape index (κ3) is 3.95. The lowest BCUT2D eigenvalue weighted by Crippen LogP contribution is -2.30. The van der Waals surface area contributed by atoms with E-state index >= 15 is 0 Å². The number of hydrogen-bond acceptors (Lipinski definition) is 3. The van der Waals surface area contributed by atoms with E-state index in [1.807, 2.05) is 30.3 Å². The fourth-order valence-corrected chi connectivity index (χ4v) is 2.91. The number of ketones is 1. The van der Waals surface area contributed by atoms with Gasteiger partial charge in [-0.1, -0.05) is 35.9 Å². The first-order valence-electron chi connectivity index (χ1n) is 7.92. The Labute approximate surface area is 145 Å². The van der Waals surface area contributed by atoms with Crippen molar-refractivity contribution in [3.63, 3.8) is 0 Å². The van der Waals surface area contributed by atoms with E-state index in [0.29, 0.717) is 30.2 Å². The highest BCUT2D eigenvalue weighted by atomic mass is 35.5. The quantitative estimate of drug-likeness (QED) is 0.876. The third-order valence-electron chi connectivity index (χ3n) is 4.04. The Morgan fingerprint density at radius 1 is 1.12 bits per heavy atom. The Bertz CT molecular complexity index is 756. The maximum absolute atomic E-state index is 11.9. The SMILES string of the molecule is O=C(COc1cccc2c1CCC2=O)NCCc1ccc(Cl)cc1. The highest BCUT2D eigenvalue weighted by Crippen LogP contribution is 2.30. The number of halogens is 1. The van der Waals surface area contributed by atoms with E-state index in [1.165, 1.54) is 0 Å². The van der Waals surface area contributed by atoms with Crippen LogP contribution in [-0.2, 0) is 17.6 Å². The summed E-state index contributed by atoms with van der Waals surface area (Å²) in [6.45, 7) is 0.487. The highest BCUT2D eigenvalue weighted by molar-refractivity contribution is 6.30. The summed E-state index contributed by atoms with van der Waals surface area (Å²) in [6.07, 6.45) is 1.93. The van der Waals surface area contributed by atoms with E-state index in [0.717, 1.165) is 23.1 Å². The second-order valence-electron chi connectivity index (χ2n) is 5.72. The molecule has 0 heterocycles. The van der Waals surface area contributed by atoms with Crippen LogP contribution in [0.4, 0.5) is 0 Å². The minimum Gasteiger partial charge on any atom is -0.483 e. The van der Waals surface area contributed by atoms with Gasteiger partial charge in [0.2, 0.25) is 0 Å². The van der Waals surface area contributed by atoms with Crippen LogP contribution >= 0.6 is 11.6 Å². The number of hydrogen-bond donors (Lipinski definition) is 1. The molecule has 2 aromatic rings. The van der Waals surface area contributed by atoms with Gasteiger partial charge in [0.1, 0.15) is 5.75 Å². The standard InChI is InChI=1S/C19H18ClNO3/c20-14-6-4-13(5-7-14)10-11-21-19(23)12-24-18-3-1-2-15-16(18)8-9-17(15)22/h1-7H,8-12H2,(H,21,23). The number of amides is 1. The Balaban J connectivity index is 1.46. The summed E-state index contributed by atoms with van der Waals surface area (Å²) < 4.78 is 5.60. The lowest BCUT2D eigenvalue weighted by atomic mass is 10.1. The molecule has 24 heavy (non-hydrogen) atoms. The molecule has 1 aliphatic rings. The van der Waals surface area contributed by atoms with Crippen LogP contribution in [0.2, 0.25) is 5.02 Å². The molecule has 124 valence electrons. The van der Waals surface area contributed by atoms with Crippen molar-refractivity contribution in [3.8, 4) is 5.75 Å². The minimum absolute atomic E-state index is 0.0503.